The minimum atomic E-state index is -5.94. The van der Waals surface area contributed by atoms with Crippen LogP contribution in [0.2, 0.25) is 0 Å². The van der Waals surface area contributed by atoms with Crippen molar-refractivity contribution in [2.45, 2.75) is 86.0 Å². The second-order valence-electron chi connectivity index (χ2n) is 19.4. The van der Waals surface area contributed by atoms with E-state index in [4.69, 9.17) is 17.9 Å². The first-order chi connectivity index (χ1) is 41.7. The Bertz CT molecular complexity index is 3200. The molecular formula is C58H76N10NaO16S2Tc2. The van der Waals surface area contributed by atoms with Crippen LogP contribution >= 0.6 is 11.8 Å². The van der Waals surface area contributed by atoms with Gasteiger partial charge in [0.25, 0.3) is 0 Å². The third-order valence-corrected chi connectivity index (χ3v) is 13.3. The van der Waals surface area contributed by atoms with Gasteiger partial charge in [0.15, 0.2) is 5.12 Å². The van der Waals surface area contributed by atoms with Gasteiger partial charge in [-0.1, -0.05) is 123 Å². The molecule has 0 fully saturated rings. The summed E-state index contributed by atoms with van der Waals surface area (Å²) in [6.45, 7) is 13.5. The van der Waals surface area contributed by atoms with Crippen LogP contribution in [0.1, 0.15) is 94.4 Å². The van der Waals surface area contributed by atoms with Crippen LogP contribution in [0.5, 0.6) is 0 Å². The normalized spacial score (nSPS) is 11.1. The van der Waals surface area contributed by atoms with Crippen molar-refractivity contribution in [2.75, 3.05) is 90.0 Å². The quantitative estimate of drug-likeness (QED) is 0.0255. The predicted octanol–water partition coefficient (Wildman–Crippen LogP) is 0.204. The fraction of sp³-hybridized carbons (Fsp3) is 0.466. The molecule has 0 unspecified atom stereocenters. The van der Waals surface area contributed by atoms with Crippen molar-refractivity contribution >= 4 is 110 Å². The van der Waals surface area contributed by atoms with Crippen LogP contribution < -0.4 is 60.0 Å². The molecule has 4 aromatic carbocycles. The van der Waals surface area contributed by atoms with E-state index in [1.807, 2.05) is 81.4 Å². The molecular weight excluding hydrogens is 1380 g/mol. The number of nitrogens with one attached hydrogen (secondary N) is 5. The molecule has 0 aromatic heterocycles. The molecule has 0 saturated carbocycles. The summed E-state index contributed by atoms with van der Waals surface area (Å²) in [5.41, 5.74) is 3.85. The Labute approximate surface area is 563 Å². The molecule has 89 heavy (non-hydrogen) atoms. The molecule has 0 saturated heterocycles. The molecule has 0 aliphatic carbocycles. The third kappa shape index (κ3) is 36.0. The number of aryl methyl sites for hydroxylation is 2. The Morgan fingerprint density at radius 3 is 1.35 bits per heavy atom. The number of carbonyl (C=O) groups excluding carboxylic acids is 11. The van der Waals surface area contributed by atoms with E-state index < -0.39 is 107 Å². The molecule has 26 nitrogen and oxygen atoms in total. The van der Waals surface area contributed by atoms with Gasteiger partial charge in [0.1, 0.15) is 0 Å². The van der Waals surface area contributed by atoms with Gasteiger partial charge >= 0.3 is 81.8 Å². The first kappa shape index (κ1) is 83.2. The first-order valence-electron chi connectivity index (χ1n) is 27.7. The van der Waals surface area contributed by atoms with Crippen LogP contribution in [0.15, 0.2) is 72.8 Å². The average molecular weight is 1450 g/mol. The molecule has 0 bridgehead atoms. The fourth-order valence-electron chi connectivity index (χ4n) is 7.77. The first-order valence-corrected chi connectivity index (χ1v) is 33.0. The number of benzene rings is 4. The van der Waals surface area contributed by atoms with Crippen LogP contribution in [0.3, 0.4) is 0 Å². The Hall–Kier alpha value is -5.75. The maximum absolute atomic E-state index is 13.5. The van der Waals surface area contributed by atoms with Gasteiger partial charge in [0.05, 0.1) is 37.2 Å². The summed E-state index contributed by atoms with van der Waals surface area (Å²) in [5.74, 6) is -7.28. The molecule has 5 N–H and O–H groups in total. The Balaban J connectivity index is 0.00000156. The molecule has 0 aliphatic rings. The van der Waals surface area contributed by atoms with Gasteiger partial charge in [-0.15, -0.1) is 5.75 Å². The van der Waals surface area contributed by atoms with Crippen LogP contribution in [0, 0.1) is 13.8 Å². The number of nitrogens with zero attached hydrogens (tertiary/aromatic N) is 5. The van der Waals surface area contributed by atoms with E-state index in [0.717, 1.165) is 105 Å². The number of hydrogen-bond donors (Lipinski definition) is 5. The molecule has 4 rings (SSSR count). The Morgan fingerprint density at radius 1 is 0.562 bits per heavy atom. The number of fused-ring (bicyclic) bond motifs is 2. The van der Waals surface area contributed by atoms with Crippen LogP contribution in [-0.2, 0) is 114 Å². The van der Waals surface area contributed by atoms with Crippen molar-refractivity contribution < 1.29 is 135 Å². The third-order valence-electron chi connectivity index (χ3n) is 12.3. The second-order valence-corrected chi connectivity index (χ2v) is 22.7. The molecule has 0 radical (unpaired) electrons. The van der Waals surface area contributed by atoms with Crippen molar-refractivity contribution in [1.82, 2.24) is 36.4 Å². The van der Waals surface area contributed by atoms with E-state index in [0.29, 0.717) is 25.9 Å². The monoisotopic (exact) mass is 1450 g/mol. The number of imide groups is 2. The summed E-state index contributed by atoms with van der Waals surface area (Å²) < 4.78 is 42.7. The molecule has 0 aliphatic heterocycles. The number of amides is 10. The molecule has 10 amide bonds. The standard InChI is InChI=1S/C30H41N5O6S.C28H39N5O5S.Na.5O.2Tc/c1-5-11-31-12-6-13-35(30(41)21(3)23-9-10-24-14-20(2)7-8-25(24)15-23)29(40)18-34-27(38)16-32-26(37)17-33-28(39)19-42-22(4)36;1-4-10-29-11-5-12-33(27(37)17-32-25(35)15-30-24(34)16-31-26(36)18-39)28(38)20(3)21-8-9-22-13-19(2)6-7-23(22)14-21;;;;;;;;/h7-10,14-15,21,31H,5-6,11-13,16-19H2,1-4H3,(H,32,37)(H,33,39)(H,34,38);6-9,13-14,20,29H,4-5,10-12,15-18H2,1-3H3,(H4,30,31,32,34,35,36,39);;;;;;;;/q;;+1;;;;;-1;+4;/p-4/t21-;20-;;;;;;;;/m00......../s1/i;;;;;;;;1+1;. The molecule has 481 valence electrons. The summed E-state index contributed by atoms with van der Waals surface area (Å²) >= 11 is 0.307. The summed E-state index contributed by atoms with van der Waals surface area (Å²) in [4.78, 5) is 137. The SMILES string of the molecule is CCCNCCCN(C(=O)CNC(=O)CNC(=O)CNC(=O)CSC(C)=O)C(=O)[C@@H](C)c1ccc2cc(C)ccc2c1.CCCNCCCN(C(=O)C[N-]C(=O)C[N-]C(=O)C[N-]C(=O)C[S-])C(=O)[C@@H](C)c1ccc2cc(C)ccc2c1.[Na+].[O]=[99Tc+4].[O]=[Tc](=[O])(=[O])[O-]. The molecule has 0 spiro atoms. The van der Waals surface area contributed by atoms with Crippen LogP contribution in [0.25, 0.3) is 37.5 Å². The zero-order valence-corrected chi connectivity index (χ0v) is 58.5. The van der Waals surface area contributed by atoms with Crippen LogP contribution in [0.4, 0.5) is 0 Å². The number of hydrogen-bond acceptors (Lipinski definition) is 20. The van der Waals surface area contributed by atoms with Gasteiger partial charge in [-0.05, 0) is 119 Å². The van der Waals surface area contributed by atoms with E-state index >= 15 is 0 Å². The van der Waals surface area contributed by atoms with Gasteiger partial charge in [0, 0.05) is 37.7 Å². The Kier molecular flexibility index (Phi) is 43.3. The zero-order valence-electron chi connectivity index (χ0n) is 51.2. The van der Waals surface area contributed by atoms with Crippen molar-refractivity contribution in [3.05, 3.63) is 111 Å². The topological polar surface area (TPSA) is 388 Å². The average Bonchev–Trinajstić information content (AvgIpc) is 1.12. The van der Waals surface area contributed by atoms with Crippen LogP contribution in [-0.4, -0.2) is 164 Å². The Morgan fingerprint density at radius 2 is 0.933 bits per heavy atom. The predicted molar refractivity (Wildman–Crippen MR) is 320 cm³/mol. The summed E-state index contributed by atoms with van der Waals surface area (Å²) in [6.07, 6.45) is 3.04. The number of thioether (sulfide) groups is 1. The van der Waals surface area contributed by atoms with Gasteiger partial charge in [0.2, 0.25) is 41.4 Å². The van der Waals surface area contributed by atoms with E-state index in [1.165, 1.54) is 11.8 Å². The van der Waals surface area contributed by atoms with Crippen molar-refractivity contribution in [1.29, 1.82) is 0 Å². The second kappa shape index (κ2) is 46.3. The molecule has 4 aromatic rings. The molecule has 0 heterocycles. The number of carbonyl (C=O) groups is 11. The van der Waals surface area contributed by atoms with Gasteiger partial charge in [-0.25, -0.2) is 0 Å². The molecule has 31 heteroatoms. The van der Waals surface area contributed by atoms with E-state index in [2.05, 4.69) is 74.2 Å². The van der Waals surface area contributed by atoms with E-state index in [1.54, 1.807) is 13.8 Å². The maximum atomic E-state index is 13.5. The van der Waals surface area contributed by atoms with Gasteiger partial charge in [-0.3, -0.25) is 48.2 Å². The van der Waals surface area contributed by atoms with Crippen molar-refractivity contribution in [3.8, 4) is 0 Å². The summed E-state index contributed by atoms with van der Waals surface area (Å²) in [7, 11) is 0. The summed E-state index contributed by atoms with van der Waals surface area (Å²) in [6, 6.07) is 23.8. The van der Waals surface area contributed by atoms with Gasteiger partial charge < -0.3 is 69.5 Å². The van der Waals surface area contributed by atoms with Crippen molar-refractivity contribution in [2.24, 2.45) is 0 Å². The van der Waals surface area contributed by atoms with E-state index in [-0.39, 0.29) is 77.6 Å². The zero-order chi connectivity index (χ0) is 66.4. The van der Waals surface area contributed by atoms with E-state index in [9.17, 15) is 52.7 Å². The fourth-order valence-corrected chi connectivity index (χ4v) is 8.30. The number of rotatable bonds is 31. The summed E-state index contributed by atoms with van der Waals surface area (Å²) in [5, 5.41) is 28.2. The molecule has 2 atom stereocenters. The minimum absolute atomic E-state index is 0. The van der Waals surface area contributed by atoms with Crippen molar-refractivity contribution in [3.63, 3.8) is 0 Å². The van der Waals surface area contributed by atoms with Gasteiger partial charge in [-0.2, -0.15) is 0 Å².